The molecule has 3 nitrogen and oxygen atoms in total. The van der Waals surface area contributed by atoms with Crippen molar-refractivity contribution < 1.29 is 10.2 Å². The Morgan fingerprint density at radius 2 is 2.25 bits per heavy atom. The van der Waals surface area contributed by atoms with Crippen LogP contribution in [0.4, 0.5) is 0 Å². The Morgan fingerprint density at radius 3 is 2.38 bits per heavy atom. The van der Waals surface area contributed by atoms with Gasteiger partial charge in [-0.1, -0.05) is 0 Å². The molecule has 1 unspecified atom stereocenters. The topological polar surface area (TPSA) is 64.3 Å². The van der Waals surface area contributed by atoms with Gasteiger partial charge in [0.1, 0.15) is 0 Å². The van der Waals surface area contributed by atoms with Gasteiger partial charge in [0, 0.05) is 12.1 Å². The molecule has 0 amide bonds. The number of aliphatic hydroxyl groups excluding tert-OH is 2. The van der Waals surface area contributed by atoms with E-state index in [-0.39, 0.29) is 13.0 Å². The summed E-state index contributed by atoms with van der Waals surface area (Å²) in [7, 11) is 0. The summed E-state index contributed by atoms with van der Waals surface area (Å²) in [5, 5.41) is 23.7. The number of hydrogen-bond acceptors (Lipinski definition) is 3. The summed E-state index contributed by atoms with van der Waals surface area (Å²) < 4.78 is 0. The zero-order valence-corrected chi connectivity index (χ0v) is 4.89. The van der Waals surface area contributed by atoms with Crippen LogP contribution in [-0.2, 0) is 0 Å². The zero-order valence-electron chi connectivity index (χ0n) is 4.89. The summed E-state index contributed by atoms with van der Waals surface area (Å²) in [6.45, 7) is 1.34. The maximum Gasteiger partial charge on any atom is 0.0822 e. The average molecular weight is 117 g/mol. The second kappa shape index (κ2) is 3.57. The minimum absolute atomic E-state index is 0.254. The largest absolute Gasteiger partial charge is 0.394 e. The lowest BCUT2D eigenvalue weighted by Gasteiger charge is -2.02. The summed E-state index contributed by atoms with van der Waals surface area (Å²) >= 11 is 0. The minimum Gasteiger partial charge on any atom is -0.394 e. The van der Waals surface area contributed by atoms with Crippen molar-refractivity contribution in [2.45, 2.75) is 19.4 Å². The second-order valence-electron chi connectivity index (χ2n) is 1.82. The van der Waals surface area contributed by atoms with E-state index < -0.39 is 6.10 Å². The molecule has 8 heavy (non-hydrogen) atoms. The average Bonchev–Trinajstić information content (AvgIpc) is 1.65. The third kappa shape index (κ3) is 3.77. The van der Waals surface area contributed by atoms with E-state index in [1.807, 2.05) is 0 Å². The first-order chi connectivity index (χ1) is 3.66. The molecule has 0 heterocycles. The maximum atomic E-state index is 8.64. The summed E-state index contributed by atoms with van der Waals surface area (Å²) in [5.74, 6) is 0. The lowest BCUT2D eigenvalue weighted by molar-refractivity contribution is 0.101. The predicted molar refractivity (Wildman–Crippen MR) is 31.1 cm³/mol. The molecule has 0 bridgehead atoms. The van der Waals surface area contributed by atoms with Crippen LogP contribution in [0.5, 0.6) is 0 Å². The SMILES string of the molecule is CC(=N)CC(O)CO. The van der Waals surface area contributed by atoms with Gasteiger partial charge >= 0.3 is 0 Å². The fourth-order valence-corrected chi connectivity index (χ4v) is 0.418. The van der Waals surface area contributed by atoms with Crippen LogP contribution in [-0.4, -0.2) is 28.6 Å². The monoisotopic (exact) mass is 117 g/mol. The molecule has 0 aliphatic rings. The van der Waals surface area contributed by atoms with Crippen LogP contribution in [0.2, 0.25) is 0 Å². The van der Waals surface area contributed by atoms with Crippen molar-refractivity contribution in [2.75, 3.05) is 6.61 Å². The van der Waals surface area contributed by atoms with Gasteiger partial charge in [0.15, 0.2) is 0 Å². The third-order valence-corrected chi connectivity index (χ3v) is 0.753. The highest BCUT2D eigenvalue weighted by molar-refractivity contribution is 5.78. The van der Waals surface area contributed by atoms with E-state index in [1.54, 1.807) is 6.92 Å². The van der Waals surface area contributed by atoms with Gasteiger partial charge in [-0.2, -0.15) is 0 Å². The Bertz CT molecular complexity index is 82.5. The molecule has 0 fully saturated rings. The van der Waals surface area contributed by atoms with Gasteiger partial charge < -0.3 is 15.6 Å². The highest BCUT2D eigenvalue weighted by Gasteiger charge is 2.00. The van der Waals surface area contributed by atoms with Crippen LogP contribution in [0.25, 0.3) is 0 Å². The van der Waals surface area contributed by atoms with Crippen molar-refractivity contribution in [1.82, 2.24) is 0 Å². The van der Waals surface area contributed by atoms with E-state index in [1.165, 1.54) is 0 Å². The van der Waals surface area contributed by atoms with Crippen molar-refractivity contribution >= 4 is 5.71 Å². The fraction of sp³-hybridized carbons (Fsp3) is 0.800. The number of nitrogens with one attached hydrogen (secondary N) is 1. The Labute approximate surface area is 48.5 Å². The molecule has 0 saturated carbocycles. The smallest absolute Gasteiger partial charge is 0.0822 e. The van der Waals surface area contributed by atoms with Crippen molar-refractivity contribution in [3.05, 3.63) is 0 Å². The van der Waals surface area contributed by atoms with E-state index in [2.05, 4.69) is 0 Å². The lowest BCUT2D eigenvalue weighted by Crippen LogP contribution is -2.14. The highest BCUT2D eigenvalue weighted by Crippen LogP contribution is 1.89. The minimum atomic E-state index is -0.743. The van der Waals surface area contributed by atoms with Crippen molar-refractivity contribution in [3.63, 3.8) is 0 Å². The van der Waals surface area contributed by atoms with Gasteiger partial charge in [-0.15, -0.1) is 0 Å². The summed E-state index contributed by atoms with van der Waals surface area (Å²) in [4.78, 5) is 0. The molecule has 48 valence electrons. The molecule has 0 aromatic rings. The molecule has 0 rings (SSSR count). The molecule has 0 aromatic heterocycles. The number of aliphatic hydroxyl groups is 2. The highest BCUT2D eigenvalue weighted by atomic mass is 16.3. The van der Waals surface area contributed by atoms with Gasteiger partial charge in [0.05, 0.1) is 12.7 Å². The molecule has 3 heteroatoms. The molecule has 0 aliphatic heterocycles. The van der Waals surface area contributed by atoms with Crippen molar-refractivity contribution in [1.29, 1.82) is 5.41 Å². The molecule has 0 aromatic carbocycles. The van der Waals surface area contributed by atoms with Crippen LogP contribution in [0.1, 0.15) is 13.3 Å². The number of hydrogen-bond donors (Lipinski definition) is 3. The molecule has 3 N–H and O–H groups in total. The molecule has 0 aliphatic carbocycles. The van der Waals surface area contributed by atoms with Crippen molar-refractivity contribution in [2.24, 2.45) is 0 Å². The van der Waals surface area contributed by atoms with Gasteiger partial charge in [-0.3, -0.25) is 0 Å². The van der Waals surface area contributed by atoms with Crippen LogP contribution in [0.15, 0.2) is 0 Å². The van der Waals surface area contributed by atoms with E-state index in [9.17, 15) is 0 Å². The summed E-state index contributed by atoms with van der Waals surface area (Å²) in [5.41, 5.74) is 0.395. The second-order valence-corrected chi connectivity index (χ2v) is 1.82. The standard InChI is InChI=1S/C5H11NO2/c1-4(6)2-5(8)3-7/h5-8H,2-3H2,1H3. The molecule has 0 spiro atoms. The van der Waals surface area contributed by atoms with Gasteiger partial charge in [-0.05, 0) is 6.92 Å². The lowest BCUT2D eigenvalue weighted by atomic mass is 10.2. The predicted octanol–water partition coefficient (Wildman–Crippen LogP) is -0.231. The molecule has 0 radical (unpaired) electrons. The maximum absolute atomic E-state index is 8.64. The van der Waals surface area contributed by atoms with Crippen LogP contribution < -0.4 is 0 Å². The number of rotatable bonds is 3. The molecular formula is C5H11NO2. The Kier molecular flexibility index (Phi) is 3.39. The van der Waals surface area contributed by atoms with E-state index >= 15 is 0 Å². The molecule has 1 atom stereocenters. The van der Waals surface area contributed by atoms with Gasteiger partial charge in [-0.25, -0.2) is 0 Å². The summed E-state index contributed by atoms with van der Waals surface area (Å²) in [6.07, 6.45) is -0.469. The van der Waals surface area contributed by atoms with Crippen LogP contribution >= 0.6 is 0 Å². The Hall–Kier alpha value is -0.410. The first-order valence-corrected chi connectivity index (χ1v) is 2.49. The zero-order chi connectivity index (χ0) is 6.57. The quantitative estimate of drug-likeness (QED) is 0.447. The molecule has 0 saturated heterocycles. The molecular weight excluding hydrogens is 106 g/mol. The summed E-state index contributed by atoms with van der Waals surface area (Å²) in [6, 6.07) is 0. The van der Waals surface area contributed by atoms with E-state index in [0.717, 1.165) is 0 Å². The van der Waals surface area contributed by atoms with E-state index in [4.69, 9.17) is 15.6 Å². The Balaban J connectivity index is 3.24. The van der Waals surface area contributed by atoms with Crippen LogP contribution in [0.3, 0.4) is 0 Å². The van der Waals surface area contributed by atoms with E-state index in [0.29, 0.717) is 5.71 Å². The van der Waals surface area contributed by atoms with Gasteiger partial charge in [0.2, 0.25) is 0 Å². The third-order valence-electron chi connectivity index (χ3n) is 0.753. The first kappa shape index (κ1) is 7.59. The normalized spacial score (nSPS) is 13.4. The first-order valence-electron chi connectivity index (χ1n) is 2.49. The fourth-order valence-electron chi connectivity index (χ4n) is 0.418. The Morgan fingerprint density at radius 1 is 1.75 bits per heavy atom. The van der Waals surface area contributed by atoms with Crippen molar-refractivity contribution in [3.8, 4) is 0 Å². The van der Waals surface area contributed by atoms with Gasteiger partial charge in [0.25, 0.3) is 0 Å². The van der Waals surface area contributed by atoms with Crippen LogP contribution in [0, 0.1) is 5.41 Å².